The second-order valence-electron chi connectivity index (χ2n) is 7.37. The Kier molecular flexibility index (Phi) is 6.58. The third-order valence-electron chi connectivity index (χ3n) is 5.39. The third kappa shape index (κ3) is 5.15. The van der Waals surface area contributed by atoms with Gasteiger partial charge >= 0.3 is 6.09 Å². The number of carbonyl (C=O) groups is 1. The molecule has 0 aromatic carbocycles. The standard InChI is InChI=1S/C21H26N6O2S/c1-26-18(6-10-24-26)17-3-2-4-19(25-17)27-12-7-16(8-13-27)5-9-23-21(28)29-15-20-22-11-14-30-20/h2-4,6,10-11,14,16H,5,7-9,12-13,15H2,1H3,(H,23,28). The van der Waals surface area contributed by atoms with Crippen LogP contribution in [0.4, 0.5) is 10.6 Å². The van der Waals surface area contributed by atoms with Crippen LogP contribution in [0.5, 0.6) is 0 Å². The second kappa shape index (κ2) is 9.71. The first-order valence-corrected chi connectivity index (χ1v) is 11.1. The maximum absolute atomic E-state index is 11.8. The number of hydrogen-bond acceptors (Lipinski definition) is 7. The van der Waals surface area contributed by atoms with Crippen LogP contribution in [-0.2, 0) is 18.4 Å². The van der Waals surface area contributed by atoms with Crippen LogP contribution >= 0.6 is 11.3 Å². The largest absolute Gasteiger partial charge is 0.442 e. The number of thiazole rings is 1. The molecule has 4 heterocycles. The van der Waals surface area contributed by atoms with Gasteiger partial charge in [0.05, 0.1) is 11.4 Å². The molecular formula is C21H26N6O2S. The molecule has 3 aromatic rings. The Hall–Kier alpha value is -2.94. The Bertz CT molecular complexity index is 950. The molecular weight excluding hydrogens is 400 g/mol. The van der Waals surface area contributed by atoms with E-state index in [2.05, 4.69) is 32.4 Å². The van der Waals surface area contributed by atoms with Crippen molar-refractivity contribution in [2.45, 2.75) is 25.9 Å². The number of rotatable bonds is 7. The van der Waals surface area contributed by atoms with Gasteiger partial charge in [-0.15, -0.1) is 11.3 Å². The van der Waals surface area contributed by atoms with E-state index >= 15 is 0 Å². The highest BCUT2D eigenvalue weighted by Gasteiger charge is 2.20. The Balaban J connectivity index is 1.20. The van der Waals surface area contributed by atoms with Gasteiger partial charge in [0.1, 0.15) is 17.4 Å². The summed E-state index contributed by atoms with van der Waals surface area (Å²) in [7, 11) is 1.93. The second-order valence-corrected chi connectivity index (χ2v) is 8.35. The number of nitrogens with one attached hydrogen (secondary N) is 1. The minimum Gasteiger partial charge on any atom is -0.442 e. The van der Waals surface area contributed by atoms with Crippen molar-refractivity contribution in [3.05, 3.63) is 47.0 Å². The highest BCUT2D eigenvalue weighted by molar-refractivity contribution is 7.09. The summed E-state index contributed by atoms with van der Waals surface area (Å²) in [6.07, 6.45) is 6.26. The Morgan fingerprint density at radius 1 is 1.27 bits per heavy atom. The lowest BCUT2D eigenvalue weighted by molar-refractivity contribution is 0.138. The number of amides is 1. The van der Waals surface area contributed by atoms with Gasteiger partial charge in [-0.2, -0.15) is 5.10 Å². The summed E-state index contributed by atoms with van der Waals surface area (Å²) in [4.78, 5) is 23.1. The molecule has 3 aromatic heterocycles. The van der Waals surface area contributed by atoms with Crippen molar-refractivity contribution in [1.29, 1.82) is 0 Å². The predicted octanol–water partition coefficient (Wildman–Crippen LogP) is 3.47. The highest BCUT2D eigenvalue weighted by Crippen LogP contribution is 2.26. The van der Waals surface area contributed by atoms with Crippen LogP contribution in [0.2, 0.25) is 0 Å². The van der Waals surface area contributed by atoms with Crippen LogP contribution < -0.4 is 10.2 Å². The molecule has 158 valence electrons. The molecule has 1 aliphatic heterocycles. The van der Waals surface area contributed by atoms with Gasteiger partial charge in [0.15, 0.2) is 0 Å². The van der Waals surface area contributed by atoms with Crippen molar-refractivity contribution >= 4 is 23.2 Å². The topological polar surface area (TPSA) is 85.2 Å². The average molecular weight is 427 g/mol. The van der Waals surface area contributed by atoms with E-state index in [0.717, 1.165) is 54.6 Å². The van der Waals surface area contributed by atoms with E-state index in [1.165, 1.54) is 11.3 Å². The number of anilines is 1. The summed E-state index contributed by atoms with van der Waals surface area (Å²) in [5.74, 6) is 1.61. The Morgan fingerprint density at radius 3 is 2.87 bits per heavy atom. The number of alkyl carbamates (subject to hydrolysis) is 1. The lowest BCUT2D eigenvalue weighted by atomic mass is 9.93. The van der Waals surface area contributed by atoms with Gasteiger partial charge in [0, 0.05) is 44.5 Å². The zero-order chi connectivity index (χ0) is 20.8. The van der Waals surface area contributed by atoms with Crippen molar-refractivity contribution in [2.75, 3.05) is 24.5 Å². The Morgan fingerprint density at radius 2 is 2.13 bits per heavy atom. The number of pyridine rings is 1. The molecule has 4 rings (SSSR count). The van der Waals surface area contributed by atoms with E-state index in [-0.39, 0.29) is 12.7 Å². The van der Waals surface area contributed by atoms with E-state index in [0.29, 0.717) is 12.5 Å². The summed E-state index contributed by atoms with van der Waals surface area (Å²) in [6.45, 7) is 2.81. The van der Waals surface area contributed by atoms with Gasteiger partial charge in [-0.05, 0) is 43.4 Å². The number of aromatic nitrogens is 4. The quantitative estimate of drug-likeness (QED) is 0.623. The summed E-state index contributed by atoms with van der Waals surface area (Å²) in [5, 5.41) is 9.75. The van der Waals surface area contributed by atoms with E-state index in [1.807, 2.05) is 29.2 Å². The van der Waals surface area contributed by atoms with E-state index in [1.54, 1.807) is 12.4 Å². The van der Waals surface area contributed by atoms with Crippen molar-refractivity contribution in [3.63, 3.8) is 0 Å². The van der Waals surface area contributed by atoms with Gasteiger partial charge in [0.25, 0.3) is 0 Å². The van der Waals surface area contributed by atoms with Crippen LogP contribution in [0, 0.1) is 5.92 Å². The molecule has 0 radical (unpaired) electrons. The molecule has 9 heteroatoms. The van der Waals surface area contributed by atoms with E-state index in [4.69, 9.17) is 9.72 Å². The molecule has 8 nitrogen and oxygen atoms in total. The van der Waals surface area contributed by atoms with Crippen LogP contribution in [-0.4, -0.2) is 45.5 Å². The van der Waals surface area contributed by atoms with Crippen LogP contribution in [0.15, 0.2) is 42.0 Å². The minimum absolute atomic E-state index is 0.229. The fourth-order valence-electron chi connectivity index (χ4n) is 3.70. The molecule has 0 atom stereocenters. The van der Waals surface area contributed by atoms with Gasteiger partial charge in [-0.3, -0.25) is 4.68 Å². The number of carbonyl (C=O) groups excluding carboxylic acids is 1. The molecule has 1 saturated heterocycles. The van der Waals surface area contributed by atoms with Crippen molar-refractivity contribution in [1.82, 2.24) is 25.1 Å². The van der Waals surface area contributed by atoms with Gasteiger partial charge in [-0.25, -0.2) is 14.8 Å². The summed E-state index contributed by atoms with van der Waals surface area (Å²) in [5.41, 5.74) is 1.95. The first-order valence-electron chi connectivity index (χ1n) is 10.2. The zero-order valence-electron chi connectivity index (χ0n) is 17.0. The SMILES string of the molecule is Cn1nccc1-c1cccc(N2CCC(CCNC(=O)OCc3nccs3)CC2)n1. The van der Waals surface area contributed by atoms with Crippen molar-refractivity contribution in [2.24, 2.45) is 13.0 Å². The van der Waals surface area contributed by atoms with E-state index < -0.39 is 0 Å². The number of aryl methyl sites for hydroxylation is 1. The van der Waals surface area contributed by atoms with Crippen LogP contribution in [0.25, 0.3) is 11.4 Å². The highest BCUT2D eigenvalue weighted by atomic mass is 32.1. The molecule has 30 heavy (non-hydrogen) atoms. The number of piperidine rings is 1. The minimum atomic E-state index is -0.376. The summed E-state index contributed by atoms with van der Waals surface area (Å²) in [6, 6.07) is 8.12. The summed E-state index contributed by atoms with van der Waals surface area (Å²) < 4.78 is 7.02. The average Bonchev–Trinajstić information content (AvgIpc) is 3.44. The van der Waals surface area contributed by atoms with Gasteiger partial charge < -0.3 is 15.0 Å². The maximum atomic E-state index is 11.8. The molecule has 0 bridgehead atoms. The predicted molar refractivity (Wildman–Crippen MR) is 116 cm³/mol. The number of ether oxygens (including phenoxy) is 1. The van der Waals surface area contributed by atoms with E-state index in [9.17, 15) is 4.79 Å². The van der Waals surface area contributed by atoms with Crippen molar-refractivity contribution < 1.29 is 9.53 Å². The third-order valence-corrected chi connectivity index (χ3v) is 6.14. The maximum Gasteiger partial charge on any atom is 0.407 e. The molecule has 1 amide bonds. The normalized spacial score (nSPS) is 14.6. The molecule has 0 unspecified atom stereocenters. The lowest BCUT2D eigenvalue weighted by Crippen LogP contribution is -2.35. The monoisotopic (exact) mass is 426 g/mol. The fraction of sp³-hybridized carbons (Fsp3) is 0.429. The zero-order valence-corrected chi connectivity index (χ0v) is 17.8. The van der Waals surface area contributed by atoms with Crippen LogP contribution in [0.3, 0.4) is 0 Å². The first-order chi connectivity index (χ1) is 14.7. The van der Waals surface area contributed by atoms with Gasteiger partial charge in [-0.1, -0.05) is 6.07 Å². The van der Waals surface area contributed by atoms with Crippen molar-refractivity contribution in [3.8, 4) is 11.4 Å². The van der Waals surface area contributed by atoms with Gasteiger partial charge in [0.2, 0.25) is 0 Å². The lowest BCUT2D eigenvalue weighted by Gasteiger charge is -2.33. The molecule has 0 spiro atoms. The molecule has 1 aliphatic rings. The molecule has 1 N–H and O–H groups in total. The Labute approximate surface area is 179 Å². The first kappa shape index (κ1) is 20.3. The van der Waals surface area contributed by atoms with Crippen LogP contribution in [0.1, 0.15) is 24.3 Å². The smallest absolute Gasteiger partial charge is 0.407 e. The molecule has 0 saturated carbocycles. The molecule has 1 fully saturated rings. The summed E-state index contributed by atoms with van der Waals surface area (Å²) >= 11 is 1.48. The number of nitrogens with zero attached hydrogens (tertiary/aromatic N) is 5. The molecule has 0 aliphatic carbocycles. The number of hydrogen-bond donors (Lipinski definition) is 1. The fourth-order valence-corrected chi connectivity index (χ4v) is 4.23.